The van der Waals surface area contributed by atoms with E-state index in [4.69, 9.17) is 5.11 Å². The van der Waals surface area contributed by atoms with Crippen molar-refractivity contribution in [2.75, 3.05) is 13.2 Å². The summed E-state index contributed by atoms with van der Waals surface area (Å²) in [6, 6.07) is 0. The Morgan fingerprint density at radius 3 is 2.94 bits per heavy atom. The van der Waals surface area contributed by atoms with Gasteiger partial charge in [0.25, 0.3) is 0 Å². The lowest BCUT2D eigenvalue weighted by molar-refractivity contribution is -0.390. The highest BCUT2D eigenvalue weighted by Crippen LogP contribution is 2.21. The lowest BCUT2D eigenvalue weighted by Crippen LogP contribution is -2.30. The zero-order valence-corrected chi connectivity index (χ0v) is 9.68. The molecule has 0 saturated heterocycles. The van der Waals surface area contributed by atoms with Gasteiger partial charge in [0.15, 0.2) is 0 Å². The molecular formula is C7H9BrN4O4. The Labute approximate surface area is 98.5 Å². The molecule has 1 rings (SSSR count). The molecule has 2 N–H and O–H groups in total. The van der Waals surface area contributed by atoms with Crippen molar-refractivity contribution in [1.82, 2.24) is 15.1 Å². The first-order chi connectivity index (χ1) is 7.54. The summed E-state index contributed by atoms with van der Waals surface area (Å²) < 4.78 is 1.36. The fourth-order valence-corrected chi connectivity index (χ4v) is 1.45. The van der Waals surface area contributed by atoms with E-state index < -0.39 is 4.92 Å². The van der Waals surface area contributed by atoms with E-state index >= 15 is 0 Å². The Balaban J connectivity index is 2.64. The van der Waals surface area contributed by atoms with Gasteiger partial charge in [-0.15, -0.1) is 0 Å². The monoisotopic (exact) mass is 292 g/mol. The minimum Gasteiger partial charge on any atom is -0.395 e. The summed E-state index contributed by atoms with van der Waals surface area (Å²) in [5.41, 5.74) is 0. The first-order valence-corrected chi connectivity index (χ1v) is 5.08. The maximum absolute atomic E-state index is 11.2. The summed E-state index contributed by atoms with van der Waals surface area (Å²) >= 11 is 2.96. The molecule has 0 aliphatic heterocycles. The number of carbonyl (C=O) groups excluding carboxylic acids is 1. The Hall–Kier alpha value is -1.48. The number of hydrogen-bond acceptors (Lipinski definition) is 5. The van der Waals surface area contributed by atoms with Gasteiger partial charge < -0.3 is 20.5 Å². The van der Waals surface area contributed by atoms with Crippen LogP contribution in [0.15, 0.2) is 10.7 Å². The standard InChI is InChI=1S/C7H9BrN4O4/c8-5-3-11(10-7(5)12(15)16)4-6(14)9-1-2-13/h3,13H,1-2,4H2,(H,9,14). The van der Waals surface area contributed by atoms with Crippen molar-refractivity contribution in [2.45, 2.75) is 6.54 Å². The van der Waals surface area contributed by atoms with Gasteiger partial charge in [0.05, 0.1) is 17.9 Å². The van der Waals surface area contributed by atoms with Crippen molar-refractivity contribution < 1.29 is 14.8 Å². The summed E-state index contributed by atoms with van der Waals surface area (Å²) in [5.74, 6) is -0.714. The number of carbonyl (C=O) groups is 1. The second-order valence-corrected chi connectivity index (χ2v) is 3.68. The molecule has 9 heteroatoms. The Morgan fingerprint density at radius 2 is 2.44 bits per heavy atom. The number of nitrogens with one attached hydrogen (secondary N) is 1. The highest BCUT2D eigenvalue weighted by molar-refractivity contribution is 9.10. The predicted octanol–water partition coefficient (Wildman–Crippen LogP) is -0.338. The normalized spacial score (nSPS) is 10.1. The fraction of sp³-hybridized carbons (Fsp3) is 0.429. The number of nitro groups is 1. The summed E-state index contributed by atoms with van der Waals surface area (Å²) in [4.78, 5) is 21.0. The highest BCUT2D eigenvalue weighted by atomic mass is 79.9. The average molecular weight is 293 g/mol. The van der Waals surface area contributed by atoms with Crippen LogP contribution in [0, 0.1) is 10.1 Å². The SMILES string of the molecule is O=C(Cn1cc(Br)c([N+](=O)[O-])n1)NCCO. The number of aliphatic hydroxyl groups is 1. The maximum Gasteiger partial charge on any atom is 0.404 e. The molecule has 8 nitrogen and oxygen atoms in total. The maximum atomic E-state index is 11.2. The molecular weight excluding hydrogens is 284 g/mol. The van der Waals surface area contributed by atoms with E-state index in [2.05, 4.69) is 26.3 Å². The van der Waals surface area contributed by atoms with Gasteiger partial charge in [-0.05, 0) is 20.9 Å². The van der Waals surface area contributed by atoms with Crippen molar-refractivity contribution in [3.8, 4) is 0 Å². The number of hydrogen-bond donors (Lipinski definition) is 2. The van der Waals surface area contributed by atoms with Crippen LogP contribution >= 0.6 is 15.9 Å². The molecule has 0 aliphatic carbocycles. The Bertz CT molecular complexity index is 405. The van der Waals surface area contributed by atoms with Gasteiger partial charge in [-0.3, -0.25) is 4.79 Å². The topological polar surface area (TPSA) is 110 Å². The van der Waals surface area contributed by atoms with Crippen LogP contribution in [0.5, 0.6) is 0 Å². The van der Waals surface area contributed by atoms with Gasteiger partial charge in [0.1, 0.15) is 11.0 Å². The van der Waals surface area contributed by atoms with E-state index in [9.17, 15) is 14.9 Å². The van der Waals surface area contributed by atoms with Gasteiger partial charge in [-0.2, -0.15) is 4.68 Å². The van der Waals surface area contributed by atoms with Crippen LogP contribution in [0.1, 0.15) is 0 Å². The summed E-state index contributed by atoms with van der Waals surface area (Å²) in [7, 11) is 0. The smallest absolute Gasteiger partial charge is 0.395 e. The number of halogens is 1. The van der Waals surface area contributed by atoms with E-state index in [0.29, 0.717) is 0 Å². The average Bonchev–Trinajstić information content (AvgIpc) is 2.56. The van der Waals surface area contributed by atoms with Crippen molar-refractivity contribution in [3.05, 3.63) is 20.8 Å². The van der Waals surface area contributed by atoms with Crippen LogP contribution in [-0.2, 0) is 11.3 Å². The number of aromatic nitrogens is 2. The molecule has 1 aromatic rings. The van der Waals surface area contributed by atoms with Crippen molar-refractivity contribution in [1.29, 1.82) is 0 Å². The van der Waals surface area contributed by atoms with E-state index in [-0.39, 0.29) is 35.9 Å². The summed E-state index contributed by atoms with van der Waals surface area (Å²) in [5, 5.41) is 24.9. The number of amides is 1. The third kappa shape index (κ3) is 3.28. The van der Waals surface area contributed by atoms with Gasteiger partial charge in [0.2, 0.25) is 5.91 Å². The van der Waals surface area contributed by atoms with Crippen LogP contribution in [-0.4, -0.2) is 38.9 Å². The van der Waals surface area contributed by atoms with Gasteiger partial charge >= 0.3 is 5.82 Å². The number of aliphatic hydroxyl groups excluding tert-OH is 1. The number of nitrogens with zero attached hydrogens (tertiary/aromatic N) is 3. The minimum atomic E-state index is -0.647. The van der Waals surface area contributed by atoms with Crippen molar-refractivity contribution in [3.63, 3.8) is 0 Å². The third-order valence-corrected chi connectivity index (χ3v) is 2.17. The largest absolute Gasteiger partial charge is 0.404 e. The number of rotatable bonds is 5. The lowest BCUT2D eigenvalue weighted by Gasteiger charge is -1.99. The second kappa shape index (κ2) is 5.56. The van der Waals surface area contributed by atoms with Crippen LogP contribution in [0.25, 0.3) is 0 Å². The molecule has 0 bridgehead atoms. The van der Waals surface area contributed by atoms with E-state index in [1.54, 1.807) is 0 Å². The van der Waals surface area contributed by atoms with E-state index in [1.807, 2.05) is 0 Å². The quantitative estimate of drug-likeness (QED) is 0.570. The second-order valence-electron chi connectivity index (χ2n) is 2.83. The Morgan fingerprint density at radius 1 is 1.75 bits per heavy atom. The van der Waals surface area contributed by atoms with Crippen molar-refractivity contribution >= 4 is 27.7 Å². The molecule has 0 spiro atoms. The van der Waals surface area contributed by atoms with Crippen LogP contribution < -0.4 is 5.32 Å². The zero-order valence-electron chi connectivity index (χ0n) is 8.09. The lowest BCUT2D eigenvalue weighted by atomic mass is 10.5. The molecule has 1 aromatic heterocycles. The first-order valence-electron chi connectivity index (χ1n) is 4.29. The molecule has 1 amide bonds. The van der Waals surface area contributed by atoms with Gasteiger partial charge in [-0.1, -0.05) is 0 Å². The van der Waals surface area contributed by atoms with Crippen LogP contribution in [0.3, 0.4) is 0 Å². The molecule has 88 valence electrons. The summed E-state index contributed by atoms with van der Waals surface area (Å²) in [6.45, 7) is -0.148. The molecule has 0 fully saturated rings. The molecule has 1 heterocycles. The predicted molar refractivity (Wildman–Crippen MR) is 56.7 cm³/mol. The van der Waals surface area contributed by atoms with Crippen LogP contribution in [0.2, 0.25) is 0 Å². The van der Waals surface area contributed by atoms with E-state index in [0.717, 1.165) is 4.68 Å². The summed E-state index contributed by atoms with van der Waals surface area (Å²) in [6.07, 6.45) is 1.34. The first kappa shape index (κ1) is 12.6. The van der Waals surface area contributed by atoms with E-state index in [1.165, 1.54) is 6.20 Å². The third-order valence-electron chi connectivity index (χ3n) is 1.61. The zero-order chi connectivity index (χ0) is 12.1. The molecule has 0 aromatic carbocycles. The van der Waals surface area contributed by atoms with Crippen molar-refractivity contribution in [2.24, 2.45) is 0 Å². The molecule has 0 saturated carbocycles. The minimum absolute atomic E-state index is 0.133. The van der Waals surface area contributed by atoms with Gasteiger partial charge in [-0.25, -0.2) is 0 Å². The fourth-order valence-electron chi connectivity index (χ4n) is 0.990. The molecule has 0 aliphatic rings. The Kier molecular flexibility index (Phi) is 4.38. The highest BCUT2D eigenvalue weighted by Gasteiger charge is 2.19. The van der Waals surface area contributed by atoms with Gasteiger partial charge in [0, 0.05) is 6.54 Å². The molecule has 0 atom stereocenters. The molecule has 0 unspecified atom stereocenters. The molecule has 0 radical (unpaired) electrons. The molecule has 16 heavy (non-hydrogen) atoms. The van der Waals surface area contributed by atoms with Crippen LogP contribution in [0.4, 0.5) is 5.82 Å².